The van der Waals surface area contributed by atoms with Crippen molar-refractivity contribution in [2.75, 3.05) is 5.32 Å². The summed E-state index contributed by atoms with van der Waals surface area (Å²) in [6.45, 7) is 10.7. The quantitative estimate of drug-likeness (QED) is 0.711. The molecule has 30 heavy (non-hydrogen) atoms. The molecule has 0 radical (unpaired) electrons. The number of ether oxygens (including phenoxy) is 1. The molecule has 0 fully saturated rings. The number of hydrogen-bond acceptors (Lipinski definition) is 5. The molecule has 1 heterocycles. The molecule has 7 nitrogen and oxygen atoms in total. The zero-order chi connectivity index (χ0) is 22.6. The van der Waals surface area contributed by atoms with Gasteiger partial charge in [0.25, 0.3) is 11.5 Å². The lowest BCUT2D eigenvalue weighted by molar-refractivity contribution is -0.153. The van der Waals surface area contributed by atoms with Crippen molar-refractivity contribution in [2.45, 2.75) is 60.5 Å². The predicted octanol–water partition coefficient (Wildman–Crippen LogP) is 3.29. The van der Waals surface area contributed by atoms with Crippen LogP contribution in [-0.4, -0.2) is 23.0 Å². The lowest BCUT2D eigenvalue weighted by Gasteiger charge is -2.17. The van der Waals surface area contributed by atoms with Gasteiger partial charge in [-0.15, -0.1) is 0 Å². The summed E-state index contributed by atoms with van der Waals surface area (Å²) < 4.78 is 5.28. The van der Waals surface area contributed by atoms with E-state index in [0.717, 1.165) is 27.9 Å². The number of H-pyrrole nitrogens is 1. The summed E-state index contributed by atoms with van der Waals surface area (Å²) in [4.78, 5) is 39.2. The highest BCUT2D eigenvalue weighted by molar-refractivity contribution is 5.96. The van der Waals surface area contributed by atoms with E-state index in [2.05, 4.69) is 10.3 Å². The van der Waals surface area contributed by atoms with Crippen LogP contribution in [0.25, 0.3) is 0 Å². The number of esters is 1. The van der Waals surface area contributed by atoms with E-state index in [1.54, 1.807) is 13.8 Å². The van der Waals surface area contributed by atoms with Crippen molar-refractivity contribution in [3.8, 4) is 6.07 Å². The smallest absolute Gasteiger partial charge is 0.306 e. The Kier molecular flexibility index (Phi) is 7.17. The largest absolute Gasteiger partial charge is 0.453 e. The Morgan fingerprint density at radius 1 is 1.17 bits per heavy atom. The molecule has 0 saturated heterocycles. The zero-order valence-corrected chi connectivity index (χ0v) is 18.2. The maximum Gasteiger partial charge on any atom is 0.306 e. The molecule has 7 heteroatoms. The normalized spacial score (nSPS) is 11.5. The Hall–Kier alpha value is -3.40. The van der Waals surface area contributed by atoms with Gasteiger partial charge >= 0.3 is 5.97 Å². The van der Waals surface area contributed by atoms with Crippen molar-refractivity contribution in [3.05, 3.63) is 61.6 Å². The van der Waals surface area contributed by atoms with Crippen LogP contribution < -0.4 is 10.9 Å². The number of aryl methyl sites for hydroxylation is 4. The number of amides is 1. The fraction of sp³-hybridized carbons (Fsp3) is 0.391. The van der Waals surface area contributed by atoms with Gasteiger partial charge in [-0.05, 0) is 70.2 Å². The second-order valence-electron chi connectivity index (χ2n) is 7.56. The minimum atomic E-state index is -0.954. The molecule has 0 bridgehead atoms. The van der Waals surface area contributed by atoms with Crippen LogP contribution >= 0.6 is 0 Å². The van der Waals surface area contributed by atoms with Gasteiger partial charge in [0, 0.05) is 17.8 Å². The molecule has 0 unspecified atom stereocenters. The Labute approximate surface area is 176 Å². The molecule has 1 atom stereocenters. The highest BCUT2D eigenvalue weighted by Crippen LogP contribution is 2.22. The first-order valence-electron chi connectivity index (χ1n) is 9.75. The van der Waals surface area contributed by atoms with Gasteiger partial charge < -0.3 is 15.0 Å². The van der Waals surface area contributed by atoms with E-state index in [1.165, 1.54) is 6.92 Å². The second kappa shape index (κ2) is 9.40. The van der Waals surface area contributed by atoms with E-state index >= 15 is 0 Å². The van der Waals surface area contributed by atoms with E-state index in [1.807, 2.05) is 39.0 Å². The van der Waals surface area contributed by atoms with Crippen molar-refractivity contribution in [3.63, 3.8) is 0 Å². The number of aromatic amines is 1. The first-order valence-corrected chi connectivity index (χ1v) is 9.75. The van der Waals surface area contributed by atoms with Crippen molar-refractivity contribution in [1.29, 1.82) is 5.26 Å². The summed E-state index contributed by atoms with van der Waals surface area (Å²) in [7, 11) is 0. The van der Waals surface area contributed by atoms with Gasteiger partial charge in [0.15, 0.2) is 6.10 Å². The Balaban J connectivity index is 2.01. The number of carbonyl (C=O) groups excluding carboxylic acids is 2. The van der Waals surface area contributed by atoms with Crippen LogP contribution in [0.3, 0.4) is 0 Å². The van der Waals surface area contributed by atoms with Crippen molar-refractivity contribution < 1.29 is 14.3 Å². The molecule has 2 rings (SSSR count). The molecule has 0 aliphatic carbocycles. The molecule has 0 aliphatic heterocycles. The lowest BCUT2D eigenvalue weighted by atomic mass is 9.99. The molecule has 0 aliphatic rings. The summed E-state index contributed by atoms with van der Waals surface area (Å²) >= 11 is 0. The number of aromatic nitrogens is 1. The number of nitriles is 1. The first-order chi connectivity index (χ1) is 14.0. The summed E-state index contributed by atoms with van der Waals surface area (Å²) in [6, 6.07) is 5.84. The molecule has 0 spiro atoms. The number of carbonyl (C=O) groups is 2. The van der Waals surface area contributed by atoms with Crippen LogP contribution in [0.15, 0.2) is 16.9 Å². The summed E-state index contributed by atoms with van der Waals surface area (Å²) in [5.41, 5.74) is 5.21. The third kappa shape index (κ3) is 5.15. The van der Waals surface area contributed by atoms with E-state index in [9.17, 15) is 14.4 Å². The SMILES string of the molecule is Cc1cc(C)c(NC(=O)[C@H](C)OC(=O)CCc2c(C)[nH]c(=O)c(C#N)c2C)c(C)c1. The minimum absolute atomic E-state index is 0.0266. The molecule has 1 aromatic heterocycles. The molecular weight excluding hydrogens is 382 g/mol. The van der Waals surface area contributed by atoms with Crippen LogP contribution in [0.5, 0.6) is 0 Å². The van der Waals surface area contributed by atoms with Crippen LogP contribution in [0, 0.1) is 45.9 Å². The van der Waals surface area contributed by atoms with E-state index in [0.29, 0.717) is 17.7 Å². The average Bonchev–Trinajstić information content (AvgIpc) is 2.64. The van der Waals surface area contributed by atoms with Gasteiger partial charge in [0.2, 0.25) is 0 Å². The predicted molar refractivity (Wildman–Crippen MR) is 114 cm³/mol. The monoisotopic (exact) mass is 409 g/mol. The Morgan fingerprint density at radius 3 is 2.33 bits per heavy atom. The number of anilines is 1. The van der Waals surface area contributed by atoms with Crippen molar-refractivity contribution in [1.82, 2.24) is 4.98 Å². The fourth-order valence-electron chi connectivity index (χ4n) is 3.56. The third-order valence-electron chi connectivity index (χ3n) is 5.10. The lowest BCUT2D eigenvalue weighted by Crippen LogP contribution is -2.30. The molecule has 2 N–H and O–H groups in total. The van der Waals surface area contributed by atoms with E-state index in [4.69, 9.17) is 10.00 Å². The number of rotatable bonds is 6. The fourth-order valence-corrected chi connectivity index (χ4v) is 3.56. The number of hydrogen-bond donors (Lipinski definition) is 2. The number of benzene rings is 1. The van der Waals surface area contributed by atoms with Gasteiger partial charge in [-0.25, -0.2) is 0 Å². The topological polar surface area (TPSA) is 112 Å². The minimum Gasteiger partial charge on any atom is -0.453 e. The van der Waals surface area contributed by atoms with E-state index in [-0.39, 0.29) is 12.0 Å². The van der Waals surface area contributed by atoms with Gasteiger partial charge in [-0.2, -0.15) is 5.26 Å². The molecule has 0 saturated carbocycles. The number of nitrogens with zero attached hydrogens (tertiary/aromatic N) is 1. The molecule has 1 aromatic carbocycles. The molecular formula is C23H27N3O4. The molecule has 2 aromatic rings. The van der Waals surface area contributed by atoms with Crippen LogP contribution in [-0.2, 0) is 20.7 Å². The summed E-state index contributed by atoms with van der Waals surface area (Å²) in [5, 5.41) is 12.0. The Bertz CT molecular complexity index is 1070. The highest BCUT2D eigenvalue weighted by Gasteiger charge is 2.20. The highest BCUT2D eigenvalue weighted by atomic mass is 16.5. The van der Waals surface area contributed by atoms with Gasteiger partial charge in [0.1, 0.15) is 11.6 Å². The molecule has 1 amide bonds. The third-order valence-corrected chi connectivity index (χ3v) is 5.10. The standard InChI is InChI=1S/C23H27N3O4/c1-12-9-13(2)21(14(3)10-12)26-22(28)17(6)30-20(27)8-7-18-15(4)19(11-24)23(29)25-16(18)5/h9-10,17H,7-8H2,1-6H3,(H,25,29)(H,26,28)/t17-/m0/s1. The zero-order valence-electron chi connectivity index (χ0n) is 18.2. The van der Waals surface area contributed by atoms with Crippen molar-refractivity contribution in [2.24, 2.45) is 0 Å². The number of nitrogens with one attached hydrogen (secondary N) is 2. The van der Waals surface area contributed by atoms with Crippen molar-refractivity contribution >= 4 is 17.6 Å². The van der Waals surface area contributed by atoms with Crippen LogP contribution in [0.1, 0.15) is 52.4 Å². The maximum atomic E-state index is 12.5. The van der Waals surface area contributed by atoms with E-state index < -0.39 is 23.5 Å². The summed E-state index contributed by atoms with van der Waals surface area (Å²) in [5.74, 6) is -0.930. The van der Waals surface area contributed by atoms with Crippen LogP contribution in [0.2, 0.25) is 0 Å². The summed E-state index contributed by atoms with van der Waals surface area (Å²) in [6.07, 6.45) is -0.629. The average molecular weight is 409 g/mol. The second-order valence-corrected chi connectivity index (χ2v) is 7.56. The maximum absolute atomic E-state index is 12.5. The van der Waals surface area contributed by atoms with Gasteiger partial charge in [0.05, 0.1) is 0 Å². The Morgan fingerprint density at radius 2 is 1.77 bits per heavy atom. The van der Waals surface area contributed by atoms with Crippen LogP contribution in [0.4, 0.5) is 5.69 Å². The van der Waals surface area contributed by atoms with Gasteiger partial charge in [-0.3, -0.25) is 14.4 Å². The number of pyridine rings is 1. The van der Waals surface area contributed by atoms with Gasteiger partial charge in [-0.1, -0.05) is 17.7 Å². The first kappa shape index (κ1) is 22.9. The molecule has 158 valence electrons.